The molecule has 3 rings (SSSR count). The summed E-state index contributed by atoms with van der Waals surface area (Å²) in [6.45, 7) is 1.46. The van der Waals surface area contributed by atoms with E-state index in [-0.39, 0.29) is 17.4 Å². The zero-order valence-electron chi connectivity index (χ0n) is 11.5. The van der Waals surface area contributed by atoms with E-state index in [1.807, 2.05) is 29.2 Å². The molecule has 2 aliphatic rings. The summed E-state index contributed by atoms with van der Waals surface area (Å²) in [4.78, 5) is 14.6. The molecule has 4 heteroatoms. The van der Waals surface area contributed by atoms with E-state index in [0.29, 0.717) is 11.6 Å². The molecule has 1 saturated heterocycles. The number of halogens is 1. The molecule has 1 amide bonds. The molecule has 1 aliphatic heterocycles. The van der Waals surface area contributed by atoms with Crippen LogP contribution in [0.2, 0.25) is 5.02 Å². The van der Waals surface area contributed by atoms with Gasteiger partial charge in [-0.1, -0.05) is 23.7 Å². The van der Waals surface area contributed by atoms with Crippen LogP contribution < -0.4 is 0 Å². The number of nitrogens with zero attached hydrogens (tertiary/aromatic N) is 1. The van der Waals surface area contributed by atoms with Gasteiger partial charge in [-0.25, -0.2) is 0 Å². The van der Waals surface area contributed by atoms with Crippen molar-refractivity contribution in [1.29, 1.82) is 0 Å². The van der Waals surface area contributed by atoms with Crippen molar-refractivity contribution >= 4 is 17.5 Å². The van der Waals surface area contributed by atoms with Gasteiger partial charge in [0.2, 0.25) is 5.91 Å². The molecule has 20 heavy (non-hydrogen) atoms. The lowest BCUT2D eigenvalue weighted by Gasteiger charge is -2.33. The SMILES string of the molecule is O=C1N(Cc2cccc(Cl)c2)CCC12CCC(O)CC2. The van der Waals surface area contributed by atoms with E-state index in [9.17, 15) is 9.90 Å². The van der Waals surface area contributed by atoms with Gasteiger partial charge >= 0.3 is 0 Å². The van der Waals surface area contributed by atoms with Gasteiger partial charge in [0.1, 0.15) is 0 Å². The van der Waals surface area contributed by atoms with Crippen LogP contribution in [0.25, 0.3) is 0 Å². The number of carbonyl (C=O) groups excluding carboxylic acids is 1. The number of benzene rings is 1. The molecular formula is C16H20ClNO2. The molecule has 1 heterocycles. The minimum absolute atomic E-state index is 0.197. The van der Waals surface area contributed by atoms with E-state index in [1.165, 1.54) is 0 Å². The first-order chi connectivity index (χ1) is 9.59. The van der Waals surface area contributed by atoms with Crippen LogP contribution in [0.1, 0.15) is 37.7 Å². The van der Waals surface area contributed by atoms with E-state index in [1.54, 1.807) is 0 Å². The summed E-state index contributed by atoms with van der Waals surface area (Å²) in [6, 6.07) is 7.70. The number of hydrogen-bond acceptors (Lipinski definition) is 2. The van der Waals surface area contributed by atoms with E-state index in [4.69, 9.17) is 11.6 Å². The van der Waals surface area contributed by atoms with Gasteiger partial charge in [-0.2, -0.15) is 0 Å². The average Bonchev–Trinajstić information content (AvgIpc) is 2.72. The quantitative estimate of drug-likeness (QED) is 0.910. The van der Waals surface area contributed by atoms with Crippen molar-refractivity contribution < 1.29 is 9.90 Å². The highest BCUT2D eigenvalue weighted by atomic mass is 35.5. The van der Waals surface area contributed by atoms with E-state index >= 15 is 0 Å². The Hall–Kier alpha value is -1.06. The summed E-state index contributed by atoms with van der Waals surface area (Å²) < 4.78 is 0. The molecule has 1 saturated carbocycles. The maximum atomic E-state index is 12.7. The third-order valence-corrected chi connectivity index (χ3v) is 5.01. The van der Waals surface area contributed by atoms with Crippen LogP contribution in [0, 0.1) is 5.41 Å². The monoisotopic (exact) mass is 293 g/mol. The molecule has 1 aromatic rings. The normalized spacial score (nSPS) is 30.2. The summed E-state index contributed by atoms with van der Waals surface area (Å²) in [5.74, 6) is 0.268. The Morgan fingerprint density at radius 3 is 2.75 bits per heavy atom. The smallest absolute Gasteiger partial charge is 0.229 e. The summed E-state index contributed by atoms with van der Waals surface area (Å²) in [6.07, 6.45) is 3.90. The van der Waals surface area contributed by atoms with Crippen molar-refractivity contribution in [3.63, 3.8) is 0 Å². The van der Waals surface area contributed by atoms with Crippen molar-refractivity contribution in [2.24, 2.45) is 5.41 Å². The number of amides is 1. The van der Waals surface area contributed by atoms with E-state index < -0.39 is 0 Å². The first-order valence-electron chi connectivity index (χ1n) is 7.31. The highest BCUT2D eigenvalue weighted by molar-refractivity contribution is 6.30. The maximum Gasteiger partial charge on any atom is 0.229 e. The predicted octanol–water partition coefficient (Wildman–Crippen LogP) is 2.99. The van der Waals surface area contributed by atoms with Crippen LogP contribution in [0.3, 0.4) is 0 Å². The fourth-order valence-electron chi connectivity index (χ4n) is 3.52. The second-order valence-corrected chi connectivity index (χ2v) is 6.55. The lowest BCUT2D eigenvalue weighted by Crippen LogP contribution is -2.38. The highest BCUT2D eigenvalue weighted by Gasteiger charge is 2.47. The number of aliphatic hydroxyl groups excluding tert-OH is 1. The van der Waals surface area contributed by atoms with Gasteiger partial charge in [-0.15, -0.1) is 0 Å². The van der Waals surface area contributed by atoms with Crippen LogP contribution in [0.15, 0.2) is 24.3 Å². The fourth-order valence-corrected chi connectivity index (χ4v) is 3.73. The van der Waals surface area contributed by atoms with Crippen molar-refractivity contribution in [3.05, 3.63) is 34.9 Å². The fraction of sp³-hybridized carbons (Fsp3) is 0.562. The average molecular weight is 294 g/mol. The molecule has 0 bridgehead atoms. The first-order valence-corrected chi connectivity index (χ1v) is 7.69. The van der Waals surface area contributed by atoms with Crippen LogP contribution in [-0.2, 0) is 11.3 Å². The Bertz CT molecular complexity index is 509. The van der Waals surface area contributed by atoms with Crippen LogP contribution >= 0.6 is 11.6 Å². The second-order valence-electron chi connectivity index (χ2n) is 6.12. The van der Waals surface area contributed by atoms with E-state index in [0.717, 1.165) is 44.2 Å². The molecule has 1 spiro atoms. The number of hydrogen-bond donors (Lipinski definition) is 1. The number of aliphatic hydroxyl groups is 1. The third kappa shape index (κ3) is 2.57. The zero-order chi connectivity index (χ0) is 14.2. The van der Waals surface area contributed by atoms with Crippen molar-refractivity contribution in [3.8, 4) is 0 Å². The zero-order valence-corrected chi connectivity index (χ0v) is 12.3. The van der Waals surface area contributed by atoms with Gasteiger partial charge in [0.05, 0.1) is 11.5 Å². The predicted molar refractivity (Wildman–Crippen MR) is 78.4 cm³/mol. The topological polar surface area (TPSA) is 40.5 Å². The summed E-state index contributed by atoms with van der Waals surface area (Å²) in [7, 11) is 0. The lowest BCUT2D eigenvalue weighted by molar-refractivity contribution is -0.139. The van der Waals surface area contributed by atoms with Gasteiger partial charge in [-0.05, 0) is 49.8 Å². The summed E-state index contributed by atoms with van der Waals surface area (Å²) in [5.41, 5.74) is 0.886. The number of carbonyl (C=O) groups is 1. The minimum atomic E-state index is -0.213. The molecule has 0 unspecified atom stereocenters. The van der Waals surface area contributed by atoms with Crippen molar-refractivity contribution in [2.45, 2.75) is 44.8 Å². The van der Waals surface area contributed by atoms with Gasteiger partial charge in [0, 0.05) is 18.1 Å². The minimum Gasteiger partial charge on any atom is -0.393 e. The molecule has 108 valence electrons. The Labute approximate surface area is 124 Å². The molecule has 1 aliphatic carbocycles. The Kier molecular flexibility index (Phi) is 3.74. The summed E-state index contributed by atoms with van der Waals surface area (Å²) in [5, 5.41) is 10.3. The van der Waals surface area contributed by atoms with Gasteiger partial charge < -0.3 is 10.0 Å². The second kappa shape index (κ2) is 5.38. The Balaban J connectivity index is 1.70. The Morgan fingerprint density at radius 1 is 1.30 bits per heavy atom. The molecule has 2 fully saturated rings. The number of likely N-dealkylation sites (tertiary alicyclic amines) is 1. The van der Waals surface area contributed by atoms with Gasteiger partial charge in [0.15, 0.2) is 0 Å². The van der Waals surface area contributed by atoms with E-state index in [2.05, 4.69) is 0 Å². The number of rotatable bonds is 2. The molecule has 0 atom stereocenters. The standard InChI is InChI=1S/C16H20ClNO2/c17-13-3-1-2-12(10-13)11-18-9-8-16(15(18)20)6-4-14(19)5-7-16/h1-3,10,14,19H,4-9,11H2. The van der Waals surface area contributed by atoms with Crippen LogP contribution in [0.5, 0.6) is 0 Å². The maximum absolute atomic E-state index is 12.7. The molecule has 1 aromatic carbocycles. The molecule has 0 radical (unpaired) electrons. The largest absolute Gasteiger partial charge is 0.393 e. The van der Waals surface area contributed by atoms with Crippen LogP contribution in [0.4, 0.5) is 0 Å². The molecule has 1 N–H and O–H groups in total. The van der Waals surface area contributed by atoms with Crippen molar-refractivity contribution in [1.82, 2.24) is 4.90 Å². The van der Waals surface area contributed by atoms with Gasteiger partial charge in [-0.3, -0.25) is 4.79 Å². The third-order valence-electron chi connectivity index (χ3n) is 4.78. The Morgan fingerprint density at radius 2 is 2.05 bits per heavy atom. The van der Waals surface area contributed by atoms with Crippen LogP contribution in [-0.4, -0.2) is 28.6 Å². The lowest BCUT2D eigenvalue weighted by atomic mass is 9.72. The molecule has 3 nitrogen and oxygen atoms in total. The summed E-state index contributed by atoms with van der Waals surface area (Å²) >= 11 is 5.99. The molecular weight excluding hydrogens is 274 g/mol. The first kappa shape index (κ1) is 13.9. The van der Waals surface area contributed by atoms with Gasteiger partial charge in [0.25, 0.3) is 0 Å². The molecule has 0 aromatic heterocycles. The highest BCUT2D eigenvalue weighted by Crippen LogP contribution is 2.45. The van der Waals surface area contributed by atoms with Crippen molar-refractivity contribution in [2.75, 3.05) is 6.54 Å².